The second kappa shape index (κ2) is 7.87. The van der Waals surface area contributed by atoms with Gasteiger partial charge >= 0.3 is 0 Å². The van der Waals surface area contributed by atoms with Crippen LogP contribution in [-0.4, -0.2) is 23.2 Å². The van der Waals surface area contributed by atoms with Crippen molar-refractivity contribution in [1.29, 1.82) is 0 Å². The van der Waals surface area contributed by atoms with Crippen molar-refractivity contribution in [2.45, 2.75) is 4.75 Å². The van der Waals surface area contributed by atoms with E-state index in [0.29, 0.717) is 5.02 Å². The van der Waals surface area contributed by atoms with Crippen LogP contribution in [0.4, 0.5) is 0 Å². The lowest BCUT2D eigenvalue weighted by Crippen LogP contribution is -2.38. The minimum absolute atomic E-state index is 0.0542. The fourth-order valence-electron chi connectivity index (χ4n) is 3.22. The van der Waals surface area contributed by atoms with Crippen molar-refractivity contribution in [2.75, 3.05) is 0 Å². The molecule has 3 N–H and O–H groups in total. The summed E-state index contributed by atoms with van der Waals surface area (Å²) in [7, 11) is -5.14. The molecule has 3 aromatic carbocycles. The number of para-hydroxylation sites is 1. The summed E-state index contributed by atoms with van der Waals surface area (Å²) in [6.45, 7) is 0. The Morgan fingerprint density at radius 1 is 0.828 bits per heavy atom. The van der Waals surface area contributed by atoms with Gasteiger partial charge in [-0.1, -0.05) is 76.7 Å². The van der Waals surface area contributed by atoms with Gasteiger partial charge in [0.1, 0.15) is 16.5 Å². The molecule has 0 aliphatic carbocycles. The highest BCUT2D eigenvalue weighted by molar-refractivity contribution is 7.87. The molecule has 3 rings (SSSR count). The Kier molecular flexibility index (Phi) is 5.98. The fraction of sp³-hybridized carbons (Fsp3) is 0.0526. The van der Waals surface area contributed by atoms with E-state index in [1.165, 1.54) is 48.5 Å². The highest BCUT2D eigenvalue weighted by Gasteiger charge is 2.53. The maximum absolute atomic E-state index is 13.0. The van der Waals surface area contributed by atoms with E-state index in [0.717, 1.165) is 6.07 Å². The first-order chi connectivity index (χ1) is 13.5. The molecule has 0 fully saturated rings. The number of halogens is 4. The maximum atomic E-state index is 13.0. The number of phenolic OH excluding ortho intramolecular Hbond substituents is 2. The van der Waals surface area contributed by atoms with Gasteiger partial charge in [-0.15, -0.1) is 0 Å². The quantitative estimate of drug-likeness (QED) is 0.239. The molecule has 0 aliphatic heterocycles. The van der Waals surface area contributed by atoms with Crippen molar-refractivity contribution >= 4 is 56.5 Å². The summed E-state index contributed by atoms with van der Waals surface area (Å²) < 4.78 is 33.8. The smallest absolute Gasteiger partial charge is 0.283 e. The SMILES string of the molecule is O=S(=O)(O)C(c1ccc(Cl)cc1)(c1ccccc1O)c1c(Cl)cc(Cl)c(Cl)c1O. The molecule has 0 heterocycles. The third kappa shape index (κ3) is 3.54. The number of hydrogen-bond donors (Lipinski definition) is 3. The molecule has 10 heteroatoms. The van der Waals surface area contributed by atoms with Crippen molar-refractivity contribution in [2.24, 2.45) is 0 Å². The molecule has 0 amide bonds. The number of phenols is 2. The molecule has 3 aromatic rings. The summed E-state index contributed by atoms with van der Waals surface area (Å²) in [6.07, 6.45) is 0. The summed E-state index contributed by atoms with van der Waals surface area (Å²) in [5, 5.41) is 20.7. The van der Waals surface area contributed by atoms with Crippen LogP contribution in [0.3, 0.4) is 0 Å². The van der Waals surface area contributed by atoms with E-state index >= 15 is 0 Å². The van der Waals surface area contributed by atoms with Crippen LogP contribution in [-0.2, 0) is 14.9 Å². The molecular weight excluding hydrogens is 482 g/mol. The van der Waals surface area contributed by atoms with Gasteiger partial charge in [0.25, 0.3) is 10.1 Å². The van der Waals surface area contributed by atoms with Crippen LogP contribution in [0, 0.1) is 0 Å². The predicted octanol–water partition coefficient (Wildman–Crippen LogP) is 5.89. The highest BCUT2D eigenvalue weighted by atomic mass is 35.5. The molecule has 0 saturated heterocycles. The minimum Gasteiger partial charge on any atom is -0.508 e. The van der Waals surface area contributed by atoms with Crippen molar-refractivity contribution in [3.63, 3.8) is 0 Å². The molecule has 0 aliphatic rings. The van der Waals surface area contributed by atoms with E-state index in [-0.39, 0.29) is 26.2 Å². The number of benzene rings is 3. The van der Waals surface area contributed by atoms with Crippen LogP contribution in [0.15, 0.2) is 54.6 Å². The van der Waals surface area contributed by atoms with E-state index in [1.807, 2.05) is 0 Å². The van der Waals surface area contributed by atoms with Crippen LogP contribution in [0.5, 0.6) is 11.5 Å². The first-order valence-corrected chi connectivity index (χ1v) is 10.9. The Morgan fingerprint density at radius 2 is 1.41 bits per heavy atom. The largest absolute Gasteiger partial charge is 0.508 e. The molecule has 0 spiro atoms. The lowest BCUT2D eigenvalue weighted by Gasteiger charge is -2.34. The molecule has 29 heavy (non-hydrogen) atoms. The van der Waals surface area contributed by atoms with E-state index < -0.39 is 31.9 Å². The van der Waals surface area contributed by atoms with Crippen LogP contribution in [0.2, 0.25) is 20.1 Å². The van der Waals surface area contributed by atoms with E-state index in [4.69, 9.17) is 46.4 Å². The van der Waals surface area contributed by atoms with Gasteiger partial charge in [0.15, 0.2) is 4.75 Å². The van der Waals surface area contributed by atoms with Gasteiger partial charge in [0, 0.05) is 16.1 Å². The van der Waals surface area contributed by atoms with Gasteiger partial charge in [-0.3, -0.25) is 4.55 Å². The summed E-state index contributed by atoms with van der Waals surface area (Å²) in [4.78, 5) is 0. The second-order valence-corrected chi connectivity index (χ2v) is 9.25. The standard InChI is InChI=1S/C19H12Cl4O5S/c20-11-7-5-10(6-8-11)19(29(26,27)28,12-3-1-2-4-15(12)24)16-13(21)9-14(22)17(23)18(16)25/h1-9,24-25H,(H,26,27,28). The van der Waals surface area contributed by atoms with Gasteiger partial charge in [-0.2, -0.15) is 8.42 Å². The topological polar surface area (TPSA) is 94.8 Å². The third-order valence-electron chi connectivity index (χ3n) is 4.42. The van der Waals surface area contributed by atoms with Crippen molar-refractivity contribution in [3.8, 4) is 11.5 Å². The molecule has 0 saturated carbocycles. The normalized spacial score (nSPS) is 13.8. The number of rotatable bonds is 4. The van der Waals surface area contributed by atoms with Crippen LogP contribution >= 0.6 is 46.4 Å². The Balaban J connectivity index is 2.64. The van der Waals surface area contributed by atoms with Crippen LogP contribution in [0.1, 0.15) is 16.7 Å². The van der Waals surface area contributed by atoms with Gasteiger partial charge in [-0.05, 0) is 29.8 Å². The average molecular weight is 494 g/mol. The second-order valence-electron chi connectivity index (χ2n) is 6.06. The Labute approximate surface area is 186 Å². The van der Waals surface area contributed by atoms with E-state index in [9.17, 15) is 23.2 Å². The Bertz CT molecular complexity index is 1200. The summed E-state index contributed by atoms with van der Waals surface area (Å²) >= 11 is 24.2. The highest BCUT2D eigenvalue weighted by Crippen LogP contribution is 2.54. The first kappa shape index (κ1) is 22.0. The van der Waals surface area contributed by atoms with Gasteiger partial charge in [-0.25, -0.2) is 0 Å². The van der Waals surface area contributed by atoms with Crippen molar-refractivity contribution in [3.05, 3.63) is 91.4 Å². The molecular formula is C19H12Cl4O5S. The lowest BCUT2D eigenvalue weighted by atomic mass is 9.83. The molecule has 0 aromatic heterocycles. The van der Waals surface area contributed by atoms with Crippen LogP contribution in [0.25, 0.3) is 0 Å². The fourth-order valence-corrected chi connectivity index (χ4v) is 5.50. The number of aromatic hydroxyl groups is 2. The summed E-state index contributed by atoms with van der Waals surface area (Å²) in [6, 6.07) is 12.0. The average Bonchev–Trinajstić information content (AvgIpc) is 2.64. The van der Waals surface area contributed by atoms with Crippen molar-refractivity contribution in [1.82, 2.24) is 0 Å². The monoisotopic (exact) mass is 492 g/mol. The first-order valence-electron chi connectivity index (χ1n) is 7.90. The maximum Gasteiger partial charge on any atom is 0.283 e. The number of hydrogen-bond acceptors (Lipinski definition) is 4. The lowest BCUT2D eigenvalue weighted by molar-refractivity contribution is 0.428. The van der Waals surface area contributed by atoms with Gasteiger partial charge in [0.05, 0.1) is 10.0 Å². The molecule has 0 bridgehead atoms. The van der Waals surface area contributed by atoms with E-state index in [1.54, 1.807) is 0 Å². The summed E-state index contributed by atoms with van der Waals surface area (Å²) in [5.74, 6) is -1.23. The zero-order valence-corrected chi connectivity index (χ0v) is 18.1. The Hall–Kier alpha value is -1.67. The zero-order chi connectivity index (χ0) is 21.6. The molecule has 1 atom stereocenters. The third-order valence-corrected chi connectivity index (χ3v) is 7.18. The Morgan fingerprint density at radius 3 is 1.97 bits per heavy atom. The summed E-state index contributed by atoms with van der Waals surface area (Å²) in [5.41, 5.74) is -0.790. The van der Waals surface area contributed by atoms with Gasteiger partial charge in [0.2, 0.25) is 0 Å². The molecule has 0 radical (unpaired) electrons. The van der Waals surface area contributed by atoms with E-state index in [2.05, 4.69) is 0 Å². The minimum atomic E-state index is -5.14. The molecule has 152 valence electrons. The molecule has 5 nitrogen and oxygen atoms in total. The zero-order valence-electron chi connectivity index (χ0n) is 14.3. The van der Waals surface area contributed by atoms with Gasteiger partial charge < -0.3 is 10.2 Å². The van der Waals surface area contributed by atoms with Crippen molar-refractivity contribution < 1.29 is 23.2 Å². The predicted molar refractivity (Wildman–Crippen MR) is 114 cm³/mol. The van der Waals surface area contributed by atoms with Crippen LogP contribution < -0.4 is 0 Å². The molecule has 1 unspecified atom stereocenters.